The average molecular weight is 345 g/mol. The van der Waals surface area contributed by atoms with Gasteiger partial charge in [0.1, 0.15) is 5.82 Å². The number of hydrogen-bond acceptors (Lipinski definition) is 4. The number of carboxylic acids is 1. The number of nitrogens with one attached hydrogen (secondary N) is 1. The number of carbonyl (C=O) groups is 2. The normalized spacial score (nSPS) is 10.0. The Labute approximate surface area is 125 Å². The minimum absolute atomic E-state index is 0.0966. The van der Waals surface area contributed by atoms with Gasteiger partial charge in [0.15, 0.2) is 0 Å². The Morgan fingerprint density at radius 3 is 2.60 bits per heavy atom. The highest BCUT2D eigenvalue weighted by Gasteiger charge is 2.12. The van der Waals surface area contributed by atoms with Crippen molar-refractivity contribution in [3.8, 4) is 0 Å². The highest BCUT2D eigenvalue weighted by atomic mass is 79.9. The average Bonchev–Trinajstić information content (AvgIpc) is 2.37. The maximum Gasteiger partial charge on any atom is 0.322 e. The van der Waals surface area contributed by atoms with Crippen LogP contribution in [-0.4, -0.2) is 54.7 Å². The van der Waals surface area contributed by atoms with Crippen molar-refractivity contribution in [3.05, 3.63) is 16.7 Å². The van der Waals surface area contributed by atoms with Crippen molar-refractivity contribution >= 4 is 39.4 Å². The number of pyridine rings is 1. The first-order valence-electron chi connectivity index (χ1n) is 5.88. The van der Waals surface area contributed by atoms with Crippen LogP contribution in [0.2, 0.25) is 0 Å². The summed E-state index contributed by atoms with van der Waals surface area (Å²) in [6.45, 7) is 0.137. The standard InChI is InChI=1S/C12H17BrN4O3/c1-16(2)9-6-10(14-7-8(9)13)15-12(20)17(3)5-4-11(18)19/h6-7H,4-5H2,1-3H3,(H,18,19)(H,14,15,20). The molecule has 1 heterocycles. The molecule has 0 aliphatic heterocycles. The molecule has 0 unspecified atom stereocenters. The molecular formula is C12H17BrN4O3. The molecule has 0 saturated carbocycles. The number of nitrogens with zero attached hydrogens (tertiary/aromatic N) is 3. The number of aliphatic carboxylic acids is 1. The summed E-state index contributed by atoms with van der Waals surface area (Å²) in [6.07, 6.45) is 1.50. The number of halogens is 1. The fourth-order valence-corrected chi connectivity index (χ4v) is 1.98. The van der Waals surface area contributed by atoms with Crippen molar-refractivity contribution in [1.29, 1.82) is 0 Å². The topological polar surface area (TPSA) is 85.8 Å². The van der Waals surface area contributed by atoms with E-state index in [1.165, 1.54) is 11.9 Å². The number of carboxylic acid groups (broad SMARTS) is 1. The van der Waals surface area contributed by atoms with E-state index < -0.39 is 12.0 Å². The predicted molar refractivity (Wildman–Crippen MR) is 80.2 cm³/mol. The van der Waals surface area contributed by atoms with E-state index in [-0.39, 0.29) is 13.0 Å². The predicted octanol–water partition coefficient (Wildman–Crippen LogP) is 1.85. The van der Waals surface area contributed by atoms with E-state index in [1.54, 1.807) is 12.3 Å². The molecule has 110 valence electrons. The molecule has 0 aromatic carbocycles. The number of carbonyl (C=O) groups excluding carboxylic acids is 1. The molecule has 0 saturated heterocycles. The summed E-state index contributed by atoms with van der Waals surface area (Å²) in [7, 11) is 5.29. The van der Waals surface area contributed by atoms with E-state index in [0.29, 0.717) is 5.82 Å². The third kappa shape index (κ3) is 4.69. The summed E-state index contributed by atoms with van der Waals surface area (Å²) < 4.78 is 0.819. The summed E-state index contributed by atoms with van der Waals surface area (Å²) in [6, 6.07) is 1.33. The molecular weight excluding hydrogens is 328 g/mol. The van der Waals surface area contributed by atoms with Crippen LogP contribution in [0.4, 0.5) is 16.3 Å². The molecule has 0 aliphatic carbocycles. The SMILES string of the molecule is CN(CCC(=O)O)C(=O)Nc1cc(N(C)C)c(Br)cn1. The van der Waals surface area contributed by atoms with Gasteiger partial charge >= 0.3 is 12.0 Å². The lowest BCUT2D eigenvalue weighted by Crippen LogP contribution is -2.33. The van der Waals surface area contributed by atoms with E-state index >= 15 is 0 Å². The number of anilines is 2. The van der Waals surface area contributed by atoms with E-state index in [4.69, 9.17) is 5.11 Å². The maximum atomic E-state index is 11.8. The molecule has 0 spiro atoms. The van der Waals surface area contributed by atoms with E-state index in [0.717, 1.165) is 10.2 Å². The quantitative estimate of drug-likeness (QED) is 0.851. The van der Waals surface area contributed by atoms with Crippen LogP contribution in [0.5, 0.6) is 0 Å². The number of rotatable bonds is 5. The van der Waals surface area contributed by atoms with Crippen molar-refractivity contribution in [2.45, 2.75) is 6.42 Å². The minimum Gasteiger partial charge on any atom is -0.481 e. The van der Waals surface area contributed by atoms with Crippen molar-refractivity contribution in [2.24, 2.45) is 0 Å². The van der Waals surface area contributed by atoms with Gasteiger partial charge in [-0.1, -0.05) is 0 Å². The summed E-state index contributed by atoms with van der Waals surface area (Å²) >= 11 is 3.37. The first kappa shape index (κ1) is 16.2. The number of amides is 2. The highest BCUT2D eigenvalue weighted by Crippen LogP contribution is 2.26. The van der Waals surface area contributed by atoms with Gasteiger partial charge in [0.2, 0.25) is 0 Å². The van der Waals surface area contributed by atoms with Crippen LogP contribution < -0.4 is 10.2 Å². The Bertz CT molecular complexity index is 507. The zero-order valence-corrected chi connectivity index (χ0v) is 13.1. The van der Waals surface area contributed by atoms with Gasteiger partial charge in [0.25, 0.3) is 0 Å². The number of urea groups is 1. The van der Waals surface area contributed by atoms with Crippen LogP contribution in [0.1, 0.15) is 6.42 Å². The minimum atomic E-state index is -0.943. The molecule has 8 heteroatoms. The first-order chi connectivity index (χ1) is 9.31. The van der Waals surface area contributed by atoms with E-state index in [9.17, 15) is 9.59 Å². The third-order valence-corrected chi connectivity index (χ3v) is 3.17. The Hall–Kier alpha value is -1.83. The van der Waals surface area contributed by atoms with Crippen LogP contribution in [0, 0.1) is 0 Å². The van der Waals surface area contributed by atoms with Crippen molar-refractivity contribution in [3.63, 3.8) is 0 Å². The van der Waals surface area contributed by atoms with Crippen molar-refractivity contribution in [2.75, 3.05) is 37.9 Å². The lowest BCUT2D eigenvalue weighted by atomic mass is 10.3. The zero-order chi connectivity index (χ0) is 15.3. The Morgan fingerprint density at radius 2 is 2.05 bits per heavy atom. The van der Waals surface area contributed by atoms with Gasteiger partial charge in [-0.25, -0.2) is 9.78 Å². The number of aromatic nitrogens is 1. The van der Waals surface area contributed by atoms with E-state index in [2.05, 4.69) is 26.2 Å². The Balaban J connectivity index is 2.70. The van der Waals surface area contributed by atoms with Crippen molar-refractivity contribution < 1.29 is 14.7 Å². The monoisotopic (exact) mass is 344 g/mol. The molecule has 2 N–H and O–H groups in total. The Morgan fingerprint density at radius 1 is 1.40 bits per heavy atom. The van der Waals surface area contributed by atoms with Gasteiger partial charge in [0, 0.05) is 40.0 Å². The molecule has 7 nitrogen and oxygen atoms in total. The van der Waals surface area contributed by atoms with Gasteiger partial charge < -0.3 is 14.9 Å². The summed E-state index contributed by atoms with van der Waals surface area (Å²) in [5, 5.41) is 11.2. The molecule has 2 amide bonds. The van der Waals surface area contributed by atoms with Crippen LogP contribution >= 0.6 is 15.9 Å². The van der Waals surface area contributed by atoms with Gasteiger partial charge in [-0.2, -0.15) is 0 Å². The second-order valence-corrected chi connectivity index (χ2v) is 5.27. The maximum absolute atomic E-state index is 11.8. The van der Waals surface area contributed by atoms with E-state index in [1.807, 2.05) is 19.0 Å². The number of hydrogen-bond donors (Lipinski definition) is 2. The molecule has 0 fully saturated rings. The van der Waals surface area contributed by atoms with Crippen LogP contribution in [0.3, 0.4) is 0 Å². The lowest BCUT2D eigenvalue weighted by molar-refractivity contribution is -0.137. The molecule has 1 aromatic heterocycles. The third-order valence-electron chi connectivity index (χ3n) is 2.56. The smallest absolute Gasteiger partial charge is 0.322 e. The van der Waals surface area contributed by atoms with Crippen molar-refractivity contribution in [1.82, 2.24) is 9.88 Å². The molecule has 20 heavy (non-hydrogen) atoms. The second-order valence-electron chi connectivity index (χ2n) is 4.41. The fraction of sp³-hybridized carbons (Fsp3) is 0.417. The van der Waals surface area contributed by atoms with Crippen LogP contribution in [0.25, 0.3) is 0 Å². The molecule has 0 bridgehead atoms. The van der Waals surface area contributed by atoms with Gasteiger partial charge in [-0.3, -0.25) is 10.1 Å². The van der Waals surface area contributed by atoms with Crippen LogP contribution in [-0.2, 0) is 4.79 Å². The van der Waals surface area contributed by atoms with Gasteiger partial charge in [-0.05, 0) is 15.9 Å². The Kier molecular flexibility index (Phi) is 5.75. The molecule has 0 radical (unpaired) electrons. The van der Waals surface area contributed by atoms with Crippen LogP contribution in [0.15, 0.2) is 16.7 Å². The first-order valence-corrected chi connectivity index (χ1v) is 6.67. The molecule has 0 aliphatic rings. The van der Waals surface area contributed by atoms with Gasteiger partial charge in [0.05, 0.1) is 16.6 Å². The zero-order valence-electron chi connectivity index (χ0n) is 11.6. The summed E-state index contributed by atoms with van der Waals surface area (Å²) in [4.78, 5) is 29.6. The molecule has 0 atom stereocenters. The lowest BCUT2D eigenvalue weighted by Gasteiger charge is -2.18. The largest absolute Gasteiger partial charge is 0.481 e. The van der Waals surface area contributed by atoms with Gasteiger partial charge in [-0.15, -0.1) is 0 Å². The summed E-state index contributed by atoms with van der Waals surface area (Å²) in [5.41, 5.74) is 0.878. The summed E-state index contributed by atoms with van der Waals surface area (Å²) in [5.74, 6) is -0.537. The molecule has 1 aromatic rings. The molecule has 1 rings (SSSR count). The second kappa shape index (κ2) is 7.09. The highest BCUT2D eigenvalue weighted by molar-refractivity contribution is 9.10. The fourth-order valence-electron chi connectivity index (χ4n) is 1.41.